The van der Waals surface area contributed by atoms with Gasteiger partial charge in [0.05, 0.1) is 25.4 Å². The smallest absolute Gasteiger partial charge is 0.251 e. The molecule has 1 amide bonds. The highest BCUT2D eigenvalue weighted by molar-refractivity contribution is 5.94. The SMILES string of the molecule is O=C(N[C@H]1COC[C@@H]1O)c1cccc(OC2CCN(Cc3ccncc3)CC2)c1. The van der Waals surface area contributed by atoms with Crippen LogP contribution in [0.15, 0.2) is 48.8 Å². The van der Waals surface area contributed by atoms with Crippen LogP contribution in [0.1, 0.15) is 28.8 Å². The number of aliphatic hydroxyl groups excluding tert-OH is 1. The Labute approximate surface area is 170 Å². The lowest BCUT2D eigenvalue weighted by atomic mass is 10.1. The molecule has 2 atom stereocenters. The van der Waals surface area contributed by atoms with E-state index in [1.165, 1.54) is 5.56 Å². The van der Waals surface area contributed by atoms with Crippen LogP contribution in [0.4, 0.5) is 0 Å². The van der Waals surface area contributed by atoms with Crippen molar-refractivity contribution in [1.82, 2.24) is 15.2 Å². The minimum absolute atomic E-state index is 0.145. The van der Waals surface area contributed by atoms with Crippen LogP contribution in [-0.4, -0.2) is 65.5 Å². The number of benzene rings is 1. The molecule has 2 aliphatic rings. The van der Waals surface area contributed by atoms with E-state index in [2.05, 4.69) is 27.3 Å². The van der Waals surface area contributed by atoms with E-state index in [1.807, 2.05) is 24.5 Å². The first-order valence-corrected chi connectivity index (χ1v) is 10.1. The van der Waals surface area contributed by atoms with E-state index in [-0.39, 0.29) is 24.7 Å². The highest BCUT2D eigenvalue weighted by Gasteiger charge is 2.28. The van der Waals surface area contributed by atoms with Gasteiger partial charge >= 0.3 is 0 Å². The van der Waals surface area contributed by atoms with Crippen molar-refractivity contribution in [2.45, 2.75) is 37.6 Å². The summed E-state index contributed by atoms with van der Waals surface area (Å²) >= 11 is 0. The lowest BCUT2D eigenvalue weighted by Crippen LogP contribution is -2.42. The van der Waals surface area contributed by atoms with E-state index in [4.69, 9.17) is 9.47 Å². The second-order valence-corrected chi connectivity index (χ2v) is 7.66. The molecular formula is C22H27N3O4. The first kappa shape index (κ1) is 19.8. The molecule has 1 aromatic heterocycles. The van der Waals surface area contributed by atoms with E-state index in [9.17, 15) is 9.90 Å². The van der Waals surface area contributed by atoms with Gasteiger partial charge in [0, 0.05) is 37.6 Å². The molecule has 0 bridgehead atoms. The van der Waals surface area contributed by atoms with E-state index in [0.717, 1.165) is 32.5 Å². The molecule has 3 heterocycles. The largest absolute Gasteiger partial charge is 0.490 e. The van der Waals surface area contributed by atoms with Gasteiger partial charge in [-0.05, 0) is 48.7 Å². The molecule has 29 heavy (non-hydrogen) atoms. The van der Waals surface area contributed by atoms with Crippen LogP contribution in [0, 0.1) is 0 Å². The summed E-state index contributed by atoms with van der Waals surface area (Å²) in [6, 6.07) is 11.0. The number of piperidine rings is 1. The Morgan fingerprint density at radius 1 is 1.21 bits per heavy atom. The summed E-state index contributed by atoms with van der Waals surface area (Å²) in [7, 11) is 0. The number of amides is 1. The molecule has 2 aromatic rings. The predicted octanol–water partition coefficient (Wildman–Crippen LogP) is 1.61. The number of pyridine rings is 1. The molecule has 1 aromatic carbocycles. The maximum atomic E-state index is 12.5. The van der Waals surface area contributed by atoms with E-state index < -0.39 is 6.10 Å². The molecule has 4 rings (SSSR count). The monoisotopic (exact) mass is 397 g/mol. The minimum Gasteiger partial charge on any atom is -0.490 e. The number of rotatable bonds is 6. The van der Waals surface area contributed by atoms with Crippen molar-refractivity contribution < 1.29 is 19.4 Å². The number of aromatic nitrogens is 1. The third kappa shape index (κ3) is 5.32. The summed E-state index contributed by atoms with van der Waals surface area (Å²) in [5, 5.41) is 12.6. The number of ether oxygens (including phenoxy) is 2. The molecule has 2 aliphatic heterocycles. The van der Waals surface area contributed by atoms with Gasteiger partial charge in [-0.25, -0.2) is 0 Å². The zero-order valence-corrected chi connectivity index (χ0v) is 16.4. The Hall–Kier alpha value is -2.48. The fourth-order valence-electron chi connectivity index (χ4n) is 3.77. The van der Waals surface area contributed by atoms with Crippen molar-refractivity contribution in [1.29, 1.82) is 0 Å². The third-order valence-electron chi connectivity index (χ3n) is 5.46. The second kappa shape index (κ2) is 9.35. The number of hydrogen-bond acceptors (Lipinski definition) is 6. The first-order chi connectivity index (χ1) is 14.2. The number of carbonyl (C=O) groups excluding carboxylic acids is 1. The van der Waals surface area contributed by atoms with Gasteiger partial charge in [-0.1, -0.05) is 6.07 Å². The molecule has 2 fully saturated rings. The van der Waals surface area contributed by atoms with Gasteiger partial charge in [-0.15, -0.1) is 0 Å². The van der Waals surface area contributed by atoms with Gasteiger partial charge in [0.25, 0.3) is 5.91 Å². The van der Waals surface area contributed by atoms with Crippen molar-refractivity contribution in [2.24, 2.45) is 0 Å². The van der Waals surface area contributed by atoms with Gasteiger partial charge in [0.15, 0.2) is 0 Å². The van der Waals surface area contributed by atoms with Crippen LogP contribution in [-0.2, 0) is 11.3 Å². The van der Waals surface area contributed by atoms with E-state index in [0.29, 0.717) is 17.9 Å². The molecule has 0 saturated carbocycles. The van der Waals surface area contributed by atoms with Crippen LogP contribution in [0.25, 0.3) is 0 Å². The molecule has 7 heteroatoms. The average molecular weight is 397 g/mol. The van der Waals surface area contributed by atoms with Crippen LogP contribution >= 0.6 is 0 Å². The van der Waals surface area contributed by atoms with Crippen LogP contribution in [0.2, 0.25) is 0 Å². The zero-order valence-electron chi connectivity index (χ0n) is 16.4. The quantitative estimate of drug-likeness (QED) is 0.771. The molecule has 2 N–H and O–H groups in total. The summed E-state index contributed by atoms with van der Waals surface area (Å²) in [5.74, 6) is 0.477. The van der Waals surface area contributed by atoms with Gasteiger partial charge in [-0.3, -0.25) is 14.7 Å². The van der Waals surface area contributed by atoms with Gasteiger partial charge in [-0.2, -0.15) is 0 Å². The summed E-state index contributed by atoms with van der Waals surface area (Å²) in [4.78, 5) is 19.0. The molecule has 0 unspecified atom stereocenters. The van der Waals surface area contributed by atoms with E-state index in [1.54, 1.807) is 12.1 Å². The van der Waals surface area contributed by atoms with Crippen LogP contribution in [0.5, 0.6) is 5.75 Å². The van der Waals surface area contributed by atoms with Gasteiger partial charge < -0.3 is 19.9 Å². The number of hydrogen-bond donors (Lipinski definition) is 2. The fraction of sp³-hybridized carbons (Fsp3) is 0.455. The summed E-state index contributed by atoms with van der Waals surface area (Å²) < 4.78 is 11.3. The molecule has 0 radical (unpaired) electrons. The average Bonchev–Trinajstić information content (AvgIpc) is 3.15. The summed E-state index contributed by atoms with van der Waals surface area (Å²) in [6.07, 6.45) is 5.05. The normalized spacial score (nSPS) is 23.1. The standard InChI is InChI=1S/C22H27N3O4/c26-21-15-28-14-20(21)24-22(27)17-2-1-3-19(12-17)29-18-6-10-25(11-7-18)13-16-4-8-23-9-5-16/h1-5,8-9,12,18,20-21,26H,6-7,10-11,13-15H2,(H,24,27)/t20-,21-/m0/s1. The molecule has 154 valence electrons. The van der Waals surface area contributed by atoms with E-state index >= 15 is 0 Å². The van der Waals surface area contributed by atoms with Crippen LogP contribution in [0.3, 0.4) is 0 Å². The molecule has 7 nitrogen and oxygen atoms in total. The highest BCUT2D eigenvalue weighted by atomic mass is 16.5. The van der Waals surface area contributed by atoms with Crippen molar-refractivity contribution in [3.05, 3.63) is 59.9 Å². The Balaban J connectivity index is 1.28. The minimum atomic E-state index is -0.657. The van der Waals surface area contributed by atoms with Crippen molar-refractivity contribution >= 4 is 5.91 Å². The predicted molar refractivity (Wildman–Crippen MR) is 108 cm³/mol. The topological polar surface area (TPSA) is 83.9 Å². The number of aliphatic hydroxyl groups is 1. The number of nitrogens with one attached hydrogen (secondary N) is 1. The Morgan fingerprint density at radius 3 is 2.72 bits per heavy atom. The van der Waals surface area contributed by atoms with Crippen molar-refractivity contribution in [3.63, 3.8) is 0 Å². The Kier molecular flexibility index (Phi) is 6.39. The summed E-state index contributed by atoms with van der Waals surface area (Å²) in [6.45, 7) is 3.48. The van der Waals surface area contributed by atoms with Crippen molar-refractivity contribution in [2.75, 3.05) is 26.3 Å². The molecule has 0 spiro atoms. The third-order valence-corrected chi connectivity index (χ3v) is 5.46. The van der Waals surface area contributed by atoms with Gasteiger partial charge in [0.1, 0.15) is 11.9 Å². The molecular weight excluding hydrogens is 370 g/mol. The zero-order chi connectivity index (χ0) is 20.1. The Bertz CT molecular complexity index is 809. The first-order valence-electron chi connectivity index (χ1n) is 10.1. The molecule has 0 aliphatic carbocycles. The maximum Gasteiger partial charge on any atom is 0.251 e. The lowest BCUT2D eigenvalue weighted by Gasteiger charge is -2.32. The second-order valence-electron chi connectivity index (χ2n) is 7.66. The van der Waals surface area contributed by atoms with Gasteiger partial charge in [0.2, 0.25) is 0 Å². The van der Waals surface area contributed by atoms with Crippen LogP contribution < -0.4 is 10.1 Å². The number of nitrogens with zero attached hydrogens (tertiary/aromatic N) is 2. The van der Waals surface area contributed by atoms with Crippen molar-refractivity contribution in [3.8, 4) is 5.75 Å². The summed E-state index contributed by atoms with van der Waals surface area (Å²) in [5.41, 5.74) is 1.80. The number of carbonyl (C=O) groups is 1. The lowest BCUT2D eigenvalue weighted by molar-refractivity contribution is 0.0880. The molecule has 2 saturated heterocycles. The Morgan fingerprint density at radius 2 is 2.00 bits per heavy atom. The number of likely N-dealkylation sites (tertiary alicyclic amines) is 1. The maximum absolute atomic E-state index is 12.5. The highest BCUT2D eigenvalue weighted by Crippen LogP contribution is 2.21. The fourth-order valence-corrected chi connectivity index (χ4v) is 3.77.